The topological polar surface area (TPSA) is 38.9 Å². The van der Waals surface area contributed by atoms with E-state index < -0.39 is 34.1 Å². The van der Waals surface area contributed by atoms with E-state index in [-0.39, 0.29) is 48.1 Å². The minimum absolute atomic E-state index is 0. The maximum atomic E-state index is 8.65. The molecule has 0 saturated heterocycles. The molecule has 7 rings (SSSR count). The fraction of sp³-hybridized carbons (Fsp3) is 0.209. The average Bonchev–Trinajstić information content (AvgIpc) is 3.53. The molecule has 0 amide bonds. The Morgan fingerprint density at radius 3 is 2.23 bits per heavy atom. The van der Waals surface area contributed by atoms with Crippen LogP contribution < -0.4 is 5.19 Å². The van der Waals surface area contributed by atoms with Gasteiger partial charge in [-0.05, 0) is 64.8 Å². The van der Waals surface area contributed by atoms with E-state index in [9.17, 15) is 0 Å². The molecule has 4 aromatic carbocycles. The molecular weight excluding hydrogens is 781 g/mol. The normalized spacial score (nSPS) is 14.6. The molecule has 0 aliphatic rings. The van der Waals surface area contributed by atoms with Crippen molar-refractivity contribution >= 4 is 35.2 Å². The van der Waals surface area contributed by atoms with Gasteiger partial charge in [0.25, 0.3) is 0 Å². The molecule has 0 aliphatic carbocycles. The smallest absolute Gasteiger partial charge is 0.124 e. The van der Waals surface area contributed by atoms with Gasteiger partial charge in [0, 0.05) is 48.9 Å². The van der Waals surface area contributed by atoms with Crippen LogP contribution in [0.15, 0.2) is 114 Å². The Morgan fingerprint density at radius 1 is 0.792 bits per heavy atom. The predicted molar refractivity (Wildman–Crippen MR) is 201 cm³/mol. The van der Waals surface area contributed by atoms with Crippen molar-refractivity contribution in [2.45, 2.75) is 53.6 Å². The summed E-state index contributed by atoms with van der Waals surface area (Å²) in [6.07, 6.45) is 1.26. The van der Waals surface area contributed by atoms with Crippen LogP contribution in [-0.4, -0.2) is 18.0 Å². The number of aromatic nitrogens is 2. The van der Waals surface area contributed by atoms with Crippen molar-refractivity contribution in [3.8, 4) is 33.6 Å². The molecule has 0 bridgehead atoms. The Labute approximate surface area is 311 Å². The van der Waals surface area contributed by atoms with Gasteiger partial charge in [-0.3, -0.25) is 0 Å². The van der Waals surface area contributed by atoms with Gasteiger partial charge < -0.3 is 14.4 Å². The number of hydrogen-bond donors (Lipinski definition) is 0. The number of rotatable bonds is 6. The van der Waals surface area contributed by atoms with Gasteiger partial charge >= 0.3 is 0 Å². The molecule has 1 radical (unpaired) electrons. The summed E-state index contributed by atoms with van der Waals surface area (Å²) in [6, 6.07) is 36.3. The van der Waals surface area contributed by atoms with Crippen LogP contribution in [0.3, 0.4) is 0 Å². The Hall–Kier alpha value is -4.15. The number of fused-ring (bicyclic) bond motifs is 3. The number of benzene rings is 4. The fourth-order valence-corrected chi connectivity index (χ4v) is 6.46. The zero-order chi connectivity index (χ0) is 39.9. The number of nitrogens with zero attached hydrogens (tertiary/aromatic N) is 2. The second kappa shape index (κ2) is 14.9. The monoisotopic (exact) mass is 831 g/mol. The van der Waals surface area contributed by atoms with E-state index in [2.05, 4.69) is 53.9 Å². The Kier molecular flexibility index (Phi) is 8.04. The van der Waals surface area contributed by atoms with Crippen LogP contribution in [0.25, 0.3) is 55.6 Å². The summed E-state index contributed by atoms with van der Waals surface area (Å²) >= 11 is 0. The fourth-order valence-electron chi connectivity index (χ4n) is 5.43. The molecule has 7 aromatic rings. The first-order chi connectivity index (χ1) is 25.8. The van der Waals surface area contributed by atoms with E-state index in [0.29, 0.717) is 27.5 Å². The van der Waals surface area contributed by atoms with Gasteiger partial charge in [-0.15, -0.1) is 54.1 Å². The van der Waals surface area contributed by atoms with Crippen molar-refractivity contribution in [3.05, 3.63) is 138 Å². The molecule has 0 N–H and O–H groups in total. The van der Waals surface area contributed by atoms with Crippen LogP contribution >= 0.6 is 0 Å². The van der Waals surface area contributed by atoms with Crippen molar-refractivity contribution in [2.75, 3.05) is 0 Å². The third-order valence-corrected chi connectivity index (χ3v) is 9.93. The second-order valence-electron chi connectivity index (χ2n) is 12.8. The molecule has 0 fully saturated rings. The van der Waals surface area contributed by atoms with E-state index in [1.807, 2.05) is 66.9 Å². The van der Waals surface area contributed by atoms with Crippen LogP contribution in [0.2, 0.25) is 19.6 Å². The molecule has 0 saturated carbocycles. The Bertz CT molecular complexity index is 2440. The zero-order valence-electron chi connectivity index (χ0n) is 35.6. The third kappa shape index (κ3) is 7.60. The first kappa shape index (κ1) is 25.8. The van der Waals surface area contributed by atoms with Gasteiger partial charge in [-0.2, -0.15) is 0 Å². The van der Waals surface area contributed by atoms with E-state index in [0.717, 1.165) is 16.8 Å². The average molecular weight is 831 g/mol. The number of hydrogen-bond acceptors (Lipinski definition) is 3. The standard InChI is InChI=1S/C29H26NO.C14H16NSi.Ir/c1-18(2)15-22-16-27(30-17-19(22)3)26-12-8-11-24-25-14-13-23(21-9-6-5-7-10-21)20(4)28(25)31-29(24)26;1-16(2,3)13-9-10-14(15-11-13)12-7-5-4-6-8-12;/h5-11,13-14,16-18H,15H2,1-4H3;4-7,9-11H,1-3H3;/q2*-1;/i3D3,4D3,15D2;;. The summed E-state index contributed by atoms with van der Waals surface area (Å²) in [5.41, 5.74) is 4.56. The summed E-state index contributed by atoms with van der Waals surface area (Å²) in [6.45, 7) is 5.35. The predicted octanol–water partition coefficient (Wildman–Crippen LogP) is 11.0. The summed E-state index contributed by atoms with van der Waals surface area (Å²) in [5.74, 6) is -0.502. The van der Waals surface area contributed by atoms with Gasteiger partial charge in [0.05, 0.1) is 13.7 Å². The molecule has 3 nitrogen and oxygen atoms in total. The first-order valence-electron chi connectivity index (χ1n) is 19.7. The number of furan rings is 1. The SMILES string of the molecule is C[Si](C)(C)c1ccc(-c2[c-]cccc2)nc1.[2H]C([2H])([2H])c1cnc(-c2[c-]ccc3c2oc2c(C([2H])([2H])[2H])c(-c4ccccc4)ccc23)cc1C([2H])([2H])C(C)C.[Ir]. The largest absolute Gasteiger partial charge is 0.500 e. The molecule has 0 atom stereocenters. The van der Waals surface area contributed by atoms with Gasteiger partial charge in [0.2, 0.25) is 0 Å². The summed E-state index contributed by atoms with van der Waals surface area (Å²) < 4.78 is 72.3. The number of pyridine rings is 2. The van der Waals surface area contributed by atoms with Crippen molar-refractivity contribution < 1.29 is 35.5 Å². The van der Waals surface area contributed by atoms with E-state index in [1.165, 1.54) is 17.4 Å². The van der Waals surface area contributed by atoms with Gasteiger partial charge in [0.15, 0.2) is 0 Å². The van der Waals surface area contributed by atoms with Crippen LogP contribution in [0.5, 0.6) is 0 Å². The molecule has 48 heavy (non-hydrogen) atoms. The van der Waals surface area contributed by atoms with Crippen LogP contribution in [0.4, 0.5) is 0 Å². The summed E-state index contributed by atoms with van der Waals surface area (Å²) in [4.78, 5) is 8.90. The van der Waals surface area contributed by atoms with Gasteiger partial charge in [-0.25, -0.2) is 0 Å². The molecule has 5 heteroatoms. The molecule has 3 aromatic heterocycles. The summed E-state index contributed by atoms with van der Waals surface area (Å²) in [5, 5.41) is 2.66. The molecule has 0 aliphatic heterocycles. The van der Waals surface area contributed by atoms with Crippen molar-refractivity contribution in [1.82, 2.24) is 9.97 Å². The van der Waals surface area contributed by atoms with Crippen molar-refractivity contribution in [3.63, 3.8) is 0 Å². The van der Waals surface area contributed by atoms with Crippen LogP contribution in [0.1, 0.15) is 41.5 Å². The van der Waals surface area contributed by atoms with Crippen molar-refractivity contribution in [1.29, 1.82) is 0 Å². The third-order valence-electron chi connectivity index (χ3n) is 7.90. The Morgan fingerprint density at radius 2 is 1.56 bits per heavy atom. The maximum absolute atomic E-state index is 8.65. The molecular formula is C43H42IrN2OSi-2. The summed E-state index contributed by atoms with van der Waals surface area (Å²) in [7, 11) is -1.23. The minimum atomic E-state index is -2.55. The van der Waals surface area contributed by atoms with E-state index >= 15 is 0 Å². The van der Waals surface area contributed by atoms with E-state index in [1.54, 1.807) is 32.0 Å². The molecule has 3 heterocycles. The molecule has 0 spiro atoms. The van der Waals surface area contributed by atoms with Crippen molar-refractivity contribution in [2.24, 2.45) is 5.92 Å². The van der Waals surface area contributed by atoms with Gasteiger partial charge in [-0.1, -0.05) is 111 Å². The quantitative estimate of drug-likeness (QED) is 0.124. The van der Waals surface area contributed by atoms with Gasteiger partial charge in [0.1, 0.15) is 5.58 Å². The first-order valence-corrected chi connectivity index (χ1v) is 19.2. The van der Waals surface area contributed by atoms with Crippen LogP contribution in [-0.2, 0) is 26.5 Å². The van der Waals surface area contributed by atoms with E-state index in [4.69, 9.17) is 15.4 Å². The molecule has 245 valence electrons. The zero-order valence-corrected chi connectivity index (χ0v) is 31.0. The minimum Gasteiger partial charge on any atom is -0.500 e. The number of aryl methyl sites for hydroxylation is 2. The molecule has 0 unspecified atom stereocenters. The maximum Gasteiger partial charge on any atom is 0.124 e. The Balaban J connectivity index is 0.000000295. The second-order valence-corrected chi connectivity index (χ2v) is 17.9. The van der Waals surface area contributed by atoms with Crippen LogP contribution in [0, 0.1) is 31.8 Å².